The third-order valence-electron chi connectivity index (χ3n) is 3.51. The predicted molar refractivity (Wildman–Crippen MR) is 96.4 cm³/mol. The van der Waals surface area contributed by atoms with E-state index in [-0.39, 0.29) is 5.43 Å². The standard InChI is InChI=1S/C19H14Cl2O3/c1-11-9-17(22)19(12(2)23-11)13-3-6-15(7-4-13)24-18-8-5-14(20)10-16(18)21/h3-10H,1-2H3. The van der Waals surface area contributed by atoms with Gasteiger partial charge in [-0.25, -0.2) is 0 Å². The lowest BCUT2D eigenvalue weighted by Crippen LogP contribution is -2.06. The van der Waals surface area contributed by atoms with Gasteiger partial charge in [0.05, 0.1) is 10.6 Å². The van der Waals surface area contributed by atoms with E-state index in [0.717, 1.165) is 5.56 Å². The predicted octanol–water partition coefficient (Wildman–Crippen LogP) is 6.02. The molecule has 0 saturated carbocycles. The summed E-state index contributed by atoms with van der Waals surface area (Å²) in [6.07, 6.45) is 0. The minimum atomic E-state index is -0.0642. The van der Waals surface area contributed by atoms with Gasteiger partial charge >= 0.3 is 0 Å². The van der Waals surface area contributed by atoms with Gasteiger partial charge in [-0.1, -0.05) is 35.3 Å². The van der Waals surface area contributed by atoms with E-state index in [0.29, 0.717) is 38.6 Å². The highest BCUT2D eigenvalue weighted by Gasteiger charge is 2.10. The highest BCUT2D eigenvalue weighted by molar-refractivity contribution is 6.35. The van der Waals surface area contributed by atoms with E-state index in [9.17, 15) is 4.79 Å². The van der Waals surface area contributed by atoms with Crippen LogP contribution in [0, 0.1) is 13.8 Å². The van der Waals surface area contributed by atoms with Crippen LogP contribution in [0.15, 0.2) is 57.7 Å². The summed E-state index contributed by atoms with van der Waals surface area (Å²) in [4.78, 5) is 12.2. The largest absolute Gasteiger partial charge is 0.466 e. The molecular weight excluding hydrogens is 347 g/mol. The maximum atomic E-state index is 12.2. The molecule has 0 aliphatic heterocycles. The fraction of sp³-hybridized carbons (Fsp3) is 0.105. The van der Waals surface area contributed by atoms with Crippen LogP contribution >= 0.6 is 23.2 Å². The van der Waals surface area contributed by atoms with E-state index >= 15 is 0 Å². The van der Waals surface area contributed by atoms with Crippen molar-refractivity contribution >= 4 is 23.2 Å². The number of benzene rings is 2. The van der Waals surface area contributed by atoms with Crippen LogP contribution in [-0.4, -0.2) is 0 Å². The molecule has 3 nitrogen and oxygen atoms in total. The molecule has 0 fully saturated rings. The maximum absolute atomic E-state index is 12.2. The summed E-state index contributed by atoms with van der Waals surface area (Å²) >= 11 is 12.0. The molecule has 0 amide bonds. The van der Waals surface area contributed by atoms with Crippen LogP contribution in [0.25, 0.3) is 11.1 Å². The molecule has 0 saturated heterocycles. The Bertz CT molecular complexity index is 944. The Kier molecular flexibility index (Phi) is 4.65. The van der Waals surface area contributed by atoms with Gasteiger partial charge in [0, 0.05) is 11.1 Å². The molecule has 2 aromatic carbocycles. The second-order valence-electron chi connectivity index (χ2n) is 5.35. The molecular formula is C19H14Cl2O3. The van der Waals surface area contributed by atoms with Crippen LogP contribution in [0.1, 0.15) is 11.5 Å². The Morgan fingerprint density at radius 1 is 0.958 bits per heavy atom. The summed E-state index contributed by atoms with van der Waals surface area (Å²) in [6.45, 7) is 3.53. The molecule has 0 bridgehead atoms. The Morgan fingerprint density at radius 2 is 1.67 bits per heavy atom. The van der Waals surface area contributed by atoms with Crippen molar-refractivity contribution in [2.24, 2.45) is 0 Å². The van der Waals surface area contributed by atoms with E-state index < -0.39 is 0 Å². The van der Waals surface area contributed by atoms with Gasteiger partial charge < -0.3 is 9.15 Å². The van der Waals surface area contributed by atoms with Gasteiger partial charge in [0.2, 0.25) is 0 Å². The van der Waals surface area contributed by atoms with Crippen LogP contribution in [0.4, 0.5) is 0 Å². The van der Waals surface area contributed by atoms with Gasteiger partial charge in [-0.15, -0.1) is 0 Å². The Morgan fingerprint density at radius 3 is 2.29 bits per heavy atom. The van der Waals surface area contributed by atoms with Crippen LogP contribution in [0.3, 0.4) is 0 Å². The van der Waals surface area contributed by atoms with Crippen LogP contribution in [0.2, 0.25) is 10.0 Å². The Labute approximate surface area is 149 Å². The van der Waals surface area contributed by atoms with Crippen LogP contribution < -0.4 is 10.2 Å². The number of hydrogen-bond acceptors (Lipinski definition) is 3. The molecule has 3 rings (SSSR count). The SMILES string of the molecule is Cc1cc(=O)c(-c2ccc(Oc3ccc(Cl)cc3Cl)cc2)c(C)o1. The third-order valence-corrected chi connectivity index (χ3v) is 4.04. The molecule has 0 N–H and O–H groups in total. The van der Waals surface area contributed by atoms with Gasteiger partial charge in [0.25, 0.3) is 0 Å². The summed E-state index contributed by atoms with van der Waals surface area (Å²) in [7, 11) is 0. The molecule has 0 atom stereocenters. The Balaban J connectivity index is 1.90. The highest BCUT2D eigenvalue weighted by atomic mass is 35.5. The van der Waals surface area contributed by atoms with Crippen molar-refractivity contribution in [2.75, 3.05) is 0 Å². The summed E-state index contributed by atoms with van der Waals surface area (Å²) in [6, 6.07) is 13.7. The van der Waals surface area contributed by atoms with E-state index in [1.807, 2.05) is 12.1 Å². The molecule has 24 heavy (non-hydrogen) atoms. The van der Waals surface area contributed by atoms with E-state index in [1.54, 1.807) is 44.2 Å². The summed E-state index contributed by atoms with van der Waals surface area (Å²) < 4.78 is 11.3. The molecule has 0 unspecified atom stereocenters. The smallest absolute Gasteiger partial charge is 0.193 e. The summed E-state index contributed by atoms with van der Waals surface area (Å²) in [5.41, 5.74) is 1.26. The quantitative estimate of drug-likeness (QED) is 0.572. The number of hydrogen-bond donors (Lipinski definition) is 0. The topological polar surface area (TPSA) is 39.4 Å². The zero-order chi connectivity index (χ0) is 17.3. The van der Waals surface area contributed by atoms with Crippen molar-refractivity contribution in [2.45, 2.75) is 13.8 Å². The fourth-order valence-electron chi connectivity index (χ4n) is 2.47. The lowest BCUT2D eigenvalue weighted by atomic mass is 10.0. The second-order valence-corrected chi connectivity index (χ2v) is 6.20. The zero-order valence-corrected chi connectivity index (χ0v) is 14.6. The Hall–Kier alpha value is -2.23. The van der Waals surface area contributed by atoms with Crippen molar-refractivity contribution < 1.29 is 9.15 Å². The third kappa shape index (κ3) is 3.48. The molecule has 0 aliphatic carbocycles. The highest BCUT2D eigenvalue weighted by Crippen LogP contribution is 2.32. The maximum Gasteiger partial charge on any atom is 0.193 e. The first-order chi connectivity index (χ1) is 11.4. The summed E-state index contributed by atoms with van der Waals surface area (Å²) in [5.74, 6) is 2.31. The van der Waals surface area contributed by atoms with Gasteiger partial charge in [-0.2, -0.15) is 0 Å². The number of rotatable bonds is 3. The minimum absolute atomic E-state index is 0.0642. The number of ether oxygens (including phenoxy) is 1. The van der Waals surface area contributed by atoms with Crippen molar-refractivity contribution in [1.82, 2.24) is 0 Å². The van der Waals surface area contributed by atoms with E-state index in [2.05, 4.69) is 0 Å². The van der Waals surface area contributed by atoms with Gasteiger partial charge in [0.15, 0.2) is 5.43 Å². The molecule has 0 radical (unpaired) electrons. The van der Waals surface area contributed by atoms with Crippen molar-refractivity contribution in [3.8, 4) is 22.6 Å². The minimum Gasteiger partial charge on any atom is -0.466 e. The van der Waals surface area contributed by atoms with E-state index in [1.165, 1.54) is 6.07 Å². The molecule has 0 spiro atoms. The molecule has 5 heteroatoms. The second kappa shape index (κ2) is 6.71. The summed E-state index contributed by atoms with van der Waals surface area (Å²) in [5, 5.41) is 0.978. The molecule has 122 valence electrons. The first-order valence-electron chi connectivity index (χ1n) is 7.29. The average molecular weight is 361 g/mol. The molecule has 3 aromatic rings. The van der Waals surface area contributed by atoms with Gasteiger partial charge in [0.1, 0.15) is 23.0 Å². The van der Waals surface area contributed by atoms with E-state index in [4.69, 9.17) is 32.4 Å². The fourth-order valence-corrected chi connectivity index (χ4v) is 2.92. The first-order valence-corrected chi connectivity index (χ1v) is 8.04. The number of halogens is 2. The van der Waals surface area contributed by atoms with Crippen LogP contribution in [0.5, 0.6) is 11.5 Å². The molecule has 1 aromatic heterocycles. The lowest BCUT2D eigenvalue weighted by molar-refractivity contribution is 0.482. The van der Waals surface area contributed by atoms with Crippen molar-refractivity contribution in [3.63, 3.8) is 0 Å². The van der Waals surface area contributed by atoms with Crippen molar-refractivity contribution in [1.29, 1.82) is 0 Å². The monoisotopic (exact) mass is 360 g/mol. The van der Waals surface area contributed by atoms with Gasteiger partial charge in [-0.05, 0) is 49.7 Å². The zero-order valence-electron chi connectivity index (χ0n) is 13.1. The lowest BCUT2D eigenvalue weighted by Gasteiger charge is -2.09. The molecule has 1 heterocycles. The number of aryl methyl sites for hydroxylation is 2. The van der Waals surface area contributed by atoms with Crippen LogP contribution in [-0.2, 0) is 0 Å². The first kappa shape index (κ1) is 16.6. The van der Waals surface area contributed by atoms with Crippen molar-refractivity contribution in [3.05, 3.63) is 80.3 Å². The average Bonchev–Trinajstić information content (AvgIpc) is 2.51. The van der Waals surface area contributed by atoms with Gasteiger partial charge in [-0.3, -0.25) is 4.79 Å². The normalized spacial score (nSPS) is 10.7. The molecule has 0 aliphatic rings.